The summed E-state index contributed by atoms with van der Waals surface area (Å²) < 4.78 is 1.96. The van der Waals surface area contributed by atoms with Gasteiger partial charge in [-0.15, -0.1) is 0 Å². The van der Waals surface area contributed by atoms with Crippen LogP contribution in [0, 0.1) is 0 Å². The van der Waals surface area contributed by atoms with Gasteiger partial charge in [-0.1, -0.05) is 18.2 Å². The molecule has 0 amide bonds. The van der Waals surface area contributed by atoms with E-state index < -0.39 is 0 Å². The van der Waals surface area contributed by atoms with Crippen LogP contribution in [0.4, 0.5) is 0 Å². The van der Waals surface area contributed by atoms with Crippen LogP contribution in [0.2, 0.25) is 0 Å². The molecule has 4 nitrogen and oxygen atoms in total. The van der Waals surface area contributed by atoms with Gasteiger partial charge in [0.1, 0.15) is 0 Å². The van der Waals surface area contributed by atoms with Crippen molar-refractivity contribution in [3.8, 4) is 0 Å². The number of aliphatic hydroxyl groups is 1. The molecule has 0 bridgehead atoms. The van der Waals surface area contributed by atoms with E-state index in [2.05, 4.69) is 23.1 Å². The largest absolute Gasteiger partial charge is 0.395 e. The molecule has 0 fully saturated rings. The quantitative estimate of drug-likeness (QED) is 0.921. The maximum atomic E-state index is 12.6. The van der Waals surface area contributed by atoms with Gasteiger partial charge in [0.15, 0.2) is 0 Å². The average molecular weight is 284 g/mol. The number of β-amino-alcohol motifs (C(OH)–C–C–N with tert-alkyl or cyclic N) is 1. The molecule has 1 aromatic heterocycles. The summed E-state index contributed by atoms with van der Waals surface area (Å²) in [4.78, 5) is 14.9. The summed E-state index contributed by atoms with van der Waals surface area (Å²) in [6, 6.07) is 8.54. The van der Waals surface area contributed by atoms with E-state index in [4.69, 9.17) is 0 Å². The monoisotopic (exact) mass is 284 g/mol. The normalized spacial score (nSPS) is 22.3. The van der Waals surface area contributed by atoms with E-state index in [0.29, 0.717) is 13.0 Å². The maximum absolute atomic E-state index is 12.6. The second-order valence-corrected chi connectivity index (χ2v) is 6.03. The lowest BCUT2D eigenvalue weighted by Crippen LogP contribution is -2.38. The SMILES string of the molecule is O=C1CCCC2c3c(c4ccccc4n31)CCN2CCO. The van der Waals surface area contributed by atoms with Crippen LogP contribution in [0.25, 0.3) is 10.9 Å². The van der Waals surface area contributed by atoms with E-state index in [0.717, 1.165) is 31.3 Å². The Morgan fingerprint density at radius 1 is 1.24 bits per heavy atom. The van der Waals surface area contributed by atoms with E-state index in [9.17, 15) is 9.90 Å². The van der Waals surface area contributed by atoms with Crippen LogP contribution in [-0.2, 0) is 6.42 Å². The Morgan fingerprint density at radius 3 is 2.95 bits per heavy atom. The minimum Gasteiger partial charge on any atom is -0.395 e. The molecule has 0 aliphatic carbocycles. The third kappa shape index (κ3) is 1.86. The Hall–Kier alpha value is -1.65. The van der Waals surface area contributed by atoms with Crippen LogP contribution >= 0.6 is 0 Å². The molecule has 1 N–H and O–H groups in total. The minimum atomic E-state index is 0.181. The molecule has 2 aliphatic rings. The third-order valence-corrected chi connectivity index (χ3v) is 4.93. The third-order valence-electron chi connectivity index (χ3n) is 4.93. The van der Waals surface area contributed by atoms with Crippen molar-refractivity contribution in [1.29, 1.82) is 0 Å². The van der Waals surface area contributed by atoms with E-state index in [1.165, 1.54) is 16.6 Å². The Kier molecular flexibility index (Phi) is 3.08. The predicted octanol–water partition coefficient (Wildman–Crippen LogP) is 2.36. The number of nitrogens with zero attached hydrogens (tertiary/aromatic N) is 2. The Balaban J connectivity index is 1.98. The van der Waals surface area contributed by atoms with Crippen LogP contribution in [0.3, 0.4) is 0 Å². The van der Waals surface area contributed by atoms with Gasteiger partial charge in [-0.25, -0.2) is 0 Å². The summed E-state index contributed by atoms with van der Waals surface area (Å²) in [7, 11) is 0. The van der Waals surface area contributed by atoms with Gasteiger partial charge in [0.25, 0.3) is 0 Å². The number of aliphatic hydroxyl groups excluding tert-OH is 1. The molecule has 0 spiro atoms. The molecule has 1 aromatic carbocycles. The Bertz CT molecular complexity index is 704. The first-order valence-corrected chi connectivity index (χ1v) is 7.81. The molecule has 4 heteroatoms. The number of hydrogen-bond acceptors (Lipinski definition) is 3. The van der Waals surface area contributed by atoms with Crippen molar-refractivity contribution in [3.05, 3.63) is 35.5 Å². The Labute approximate surface area is 124 Å². The summed E-state index contributed by atoms with van der Waals surface area (Å²) in [5.74, 6) is 0.223. The highest BCUT2D eigenvalue weighted by molar-refractivity contribution is 5.96. The summed E-state index contributed by atoms with van der Waals surface area (Å²) >= 11 is 0. The molecule has 1 unspecified atom stereocenters. The number of carbonyl (C=O) groups is 1. The predicted molar refractivity (Wildman–Crippen MR) is 81.5 cm³/mol. The van der Waals surface area contributed by atoms with Crippen LogP contribution < -0.4 is 0 Å². The fourth-order valence-electron chi connectivity index (χ4n) is 4.07. The number of fused-ring (bicyclic) bond motifs is 3. The van der Waals surface area contributed by atoms with Gasteiger partial charge in [0.05, 0.1) is 18.2 Å². The van der Waals surface area contributed by atoms with Gasteiger partial charge >= 0.3 is 0 Å². The zero-order valence-corrected chi connectivity index (χ0v) is 12.1. The topological polar surface area (TPSA) is 45.5 Å². The van der Waals surface area contributed by atoms with Gasteiger partial charge in [-0.05, 0) is 30.9 Å². The lowest BCUT2D eigenvalue weighted by molar-refractivity contribution is 0.0905. The van der Waals surface area contributed by atoms with Gasteiger partial charge < -0.3 is 5.11 Å². The summed E-state index contributed by atoms with van der Waals surface area (Å²) in [6.07, 6.45) is 3.52. The number of benzene rings is 1. The van der Waals surface area contributed by atoms with E-state index in [1.54, 1.807) is 0 Å². The number of aromatic nitrogens is 1. The van der Waals surface area contributed by atoms with Crippen LogP contribution in [0.5, 0.6) is 0 Å². The van der Waals surface area contributed by atoms with Crippen molar-refractivity contribution >= 4 is 16.8 Å². The molecule has 0 saturated carbocycles. The molecule has 2 aromatic rings. The van der Waals surface area contributed by atoms with Gasteiger partial charge in [0, 0.05) is 30.6 Å². The highest BCUT2D eigenvalue weighted by Crippen LogP contribution is 2.41. The number of rotatable bonds is 2. The molecule has 1 atom stereocenters. The highest BCUT2D eigenvalue weighted by Gasteiger charge is 2.35. The van der Waals surface area contributed by atoms with Crippen molar-refractivity contribution in [1.82, 2.24) is 9.47 Å². The lowest BCUT2D eigenvalue weighted by Gasteiger charge is -2.35. The number of hydrogen-bond donors (Lipinski definition) is 1. The Morgan fingerprint density at radius 2 is 2.10 bits per heavy atom. The van der Waals surface area contributed by atoms with E-state index >= 15 is 0 Å². The number of para-hydroxylation sites is 1. The van der Waals surface area contributed by atoms with Gasteiger partial charge in [-0.2, -0.15) is 0 Å². The van der Waals surface area contributed by atoms with Crippen molar-refractivity contribution in [3.63, 3.8) is 0 Å². The standard InChI is InChI=1S/C17H20N2O2/c20-11-10-18-9-8-13-12-4-1-2-5-14(12)19-16(21)7-3-6-15(18)17(13)19/h1-2,4-5,15,20H,3,6-11H2. The fourth-order valence-corrected chi connectivity index (χ4v) is 4.07. The van der Waals surface area contributed by atoms with Crippen molar-refractivity contribution in [2.45, 2.75) is 31.7 Å². The second kappa shape index (κ2) is 4.97. The molecule has 3 heterocycles. The van der Waals surface area contributed by atoms with Crippen molar-refractivity contribution < 1.29 is 9.90 Å². The van der Waals surface area contributed by atoms with Gasteiger partial charge in [0.2, 0.25) is 5.91 Å². The molecule has 110 valence electrons. The first-order chi connectivity index (χ1) is 10.3. The minimum absolute atomic E-state index is 0.181. The molecule has 4 rings (SSSR count). The first kappa shape index (κ1) is 13.0. The summed E-state index contributed by atoms with van der Waals surface area (Å²) in [5, 5.41) is 10.5. The van der Waals surface area contributed by atoms with Crippen molar-refractivity contribution in [2.75, 3.05) is 19.7 Å². The zero-order chi connectivity index (χ0) is 14.4. The van der Waals surface area contributed by atoms with Crippen molar-refractivity contribution in [2.24, 2.45) is 0 Å². The highest BCUT2D eigenvalue weighted by atomic mass is 16.3. The van der Waals surface area contributed by atoms with Crippen LogP contribution in [0.1, 0.15) is 41.4 Å². The number of carbonyl (C=O) groups excluding carboxylic acids is 1. The summed E-state index contributed by atoms with van der Waals surface area (Å²) in [5.41, 5.74) is 3.60. The smallest absolute Gasteiger partial charge is 0.231 e. The maximum Gasteiger partial charge on any atom is 0.231 e. The van der Waals surface area contributed by atoms with E-state index in [-0.39, 0.29) is 18.6 Å². The zero-order valence-electron chi connectivity index (χ0n) is 12.1. The fraction of sp³-hybridized carbons (Fsp3) is 0.471. The van der Waals surface area contributed by atoms with E-state index in [1.807, 2.05) is 10.6 Å². The second-order valence-electron chi connectivity index (χ2n) is 6.03. The first-order valence-electron chi connectivity index (χ1n) is 7.81. The molecule has 0 radical (unpaired) electrons. The molecular formula is C17H20N2O2. The molecule has 2 aliphatic heterocycles. The molecular weight excluding hydrogens is 264 g/mol. The molecule has 21 heavy (non-hydrogen) atoms. The average Bonchev–Trinajstić information content (AvgIpc) is 2.73. The summed E-state index contributed by atoms with van der Waals surface area (Å²) in [6.45, 7) is 1.85. The van der Waals surface area contributed by atoms with Gasteiger partial charge in [-0.3, -0.25) is 14.3 Å². The molecule has 0 saturated heterocycles. The van der Waals surface area contributed by atoms with Crippen LogP contribution in [-0.4, -0.2) is 40.2 Å². The lowest BCUT2D eigenvalue weighted by atomic mass is 9.94. The van der Waals surface area contributed by atoms with Crippen LogP contribution in [0.15, 0.2) is 24.3 Å².